The van der Waals surface area contributed by atoms with Crippen molar-refractivity contribution in [3.63, 3.8) is 0 Å². The number of rotatable bonds is 7. The number of thioether (sulfide) groups is 1. The van der Waals surface area contributed by atoms with Gasteiger partial charge >= 0.3 is 0 Å². The first-order valence-corrected chi connectivity index (χ1v) is 9.75. The molecule has 0 spiro atoms. The van der Waals surface area contributed by atoms with Crippen LogP contribution in [-0.2, 0) is 12.4 Å². The SMILES string of the molecule is Cc1cccc(-c2nnc(CSc3nnc(COc4ccc(Cl)cc4)o3)o2)c1. The molecule has 4 aromatic rings. The monoisotopic (exact) mass is 414 g/mol. The first kappa shape index (κ1) is 18.5. The summed E-state index contributed by atoms with van der Waals surface area (Å²) in [5.41, 5.74) is 2.02. The third-order valence-electron chi connectivity index (χ3n) is 3.68. The van der Waals surface area contributed by atoms with Crippen molar-refractivity contribution in [1.29, 1.82) is 0 Å². The van der Waals surface area contributed by atoms with Gasteiger partial charge in [0.25, 0.3) is 11.1 Å². The molecule has 7 nitrogen and oxygen atoms in total. The molecule has 0 amide bonds. The van der Waals surface area contributed by atoms with E-state index in [1.807, 2.05) is 31.2 Å². The molecule has 0 atom stereocenters. The van der Waals surface area contributed by atoms with Crippen LogP contribution in [0.2, 0.25) is 5.02 Å². The number of ether oxygens (including phenoxy) is 1. The van der Waals surface area contributed by atoms with Crippen LogP contribution in [0, 0.1) is 6.92 Å². The number of benzene rings is 2. The zero-order valence-electron chi connectivity index (χ0n) is 14.8. The summed E-state index contributed by atoms with van der Waals surface area (Å²) in [6, 6.07) is 14.9. The van der Waals surface area contributed by atoms with Crippen molar-refractivity contribution in [2.75, 3.05) is 0 Å². The number of hydrogen-bond acceptors (Lipinski definition) is 8. The minimum atomic E-state index is 0.174. The van der Waals surface area contributed by atoms with Crippen molar-refractivity contribution in [2.24, 2.45) is 0 Å². The molecule has 0 aliphatic carbocycles. The quantitative estimate of drug-likeness (QED) is 0.392. The fourth-order valence-electron chi connectivity index (χ4n) is 2.36. The number of halogens is 1. The van der Waals surface area contributed by atoms with E-state index in [0.29, 0.717) is 39.4 Å². The first-order chi connectivity index (χ1) is 13.7. The minimum Gasteiger partial charge on any atom is -0.484 e. The van der Waals surface area contributed by atoms with Crippen molar-refractivity contribution in [3.05, 3.63) is 70.9 Å². The van der Waals surface area contributed by atoms with Gasteiger partial charge in [0, 0.05) is 10.6 Å². The van der Waals surface area contributed by atoms with E-state index in [1.165, 1.54) is 11.8 Å². The third-order valence-corrected chi connectivity index (χ3v) is 4.73. The number of aryl methyl sites for hydroxylation is 1. The van der Waals surface area contributed by atoms with Gasteiger partial charge in [0.2, 0.25) is 11.8 Å². The van der Waals surface area contributed by atoms with Crippen LogP contribution in [0.1, 0.15) is 17.3 Å². The molecule has 0 unspecified atom stereocenters. The molecular weight excluding hydrogens is 400 g/mol. The highest BCUT2D eigenvalue weighted by Gasteiger charge is 2.12. The summed E-state index contributed by atoms with van der Waals surface area (Å²) in [5.74, 6) is 2.45. The fourth-order valence-corrected chi connectivity index (χ4v) is 3.10. The molecule has 9 heteroatoms. The smallest absolute Gasteiger partial charge is 0.277 e. The number of hydrogen-bond donors (Lipinski definition) is 0. The second-order valence-corrected chi connectivity index (χ2v) is 7.23. The molecular formula is C19H15ClN4O3S. The molecule has 0 radical (unpaired) electrons. The summed E-state index contributed by atoms with van der Waals surface area (Å²) in [7, 11) is 0. The highest BCUT2D eigenvalue weighted by Crippen LogP contribution is 2.24. The summed E-state index contributed by atoms with van der Waals surface area (Å²) in [5, 5.41) is 17.2. The maximum absolute atomic E-state index is 5.84. The Bertz CT molecular complexity index is 1060. The Morgan fingerprint density at radius 1 is 0.964 bits per heavy atom. The van der Waals surface area contributed by atoms with E-state index in [1.54, 1.807) is 24.3 Å². The predicted molar refractivity (Wildman–Crippen MR) is 104 cm³/mol. The highest BCUT2D eigenvalue weighted by atomic mass is 35.5. The van der Waals surface area contributed by atoms with Crippen LogP contribution in [0.4, 0.5) is 0 Å². The van der Waals surface area contributed by atoms with Gasteiger partial charge in [0.05, 0.1) is 5.75 Å². The Morgan fingerprint density at radius 3 is 2.61 bits per heavy atom. The van der Waals surface area contributed by atoms with E-state index in [0.717, 1.165) is 11.1 Å². The molecule has 0 bridgehead atoms. The lowest BCUT2D eigenvalue weighted by atomic mass is 10.1. The van der Waals surface area contributed by atoms with Gasteiger partial charge in [-0.1, -0.05) is 41.1 Å². The standard InChI is InChI=1S/C19H15ClN4O3S/c1-12-3-2-4-13(9-12)18-23-22-17(26-18)11-28-19-24-21-16(27-19)10-25-15-7-5-14(20)6-8-15/h2-9H,10-11H2,1H3. The van der Waals surface area contributed by atoms with Gasteiger partial charge in [-0.2, -0.15) is 0 Å². The molecule has 142 valence electrons. The maximum Gasteiger partial charge on any atom is 0.277 e. The Kier molecular flexibility index (Phi) is 5.59. The summed E-state index contributed by atoms with van der Waals surface area (Å²) in [6.07, 6.45) is 0. The van der Waals surface area contributed by atoms with Crippen LogP contribution in [0.25, 0.3) is 11.5 Å². The van der Waals surface area contributed by atoms with E-state index in [-0.39, 0.29) is 6.61 Å². The highest BCUT2D eigenvalue weighted by molar-refractivity contribution is 7.98. The van der Waals surface area contributed by atoms with Crippen LogP contribution in [0.5, 0.6) is 5.75 Å². The molecule has 0 fully saturated rings. The lowest BCUT2D eigenvalue weighted by Gasteiger charge is -2.02. The molecule has 0 aliphatic rings. The molecule has 28 heavy (non-hydrogen) atoms. The van der Waals surface area contributed by atoms with Crippen molar-refractivity contribution >= 4 is 23.4 Å². The maximum atomic E-state index is 5.84. The van der Waals surface area contributed by atoms with Gasteiger partial charge in [-0.3, -0.25) is 0 Å². The second kappa shape index (κ2) is 8.45. The molecule has 2 aromatic carbocycles. The summed E-state index contributed by atoms with van der Waals surface area (Å²) in [6.45, 7) is 2.19. The van der Waals surface area contributed by atoms with E-state index < -0.39 is 0 Å². The lowest BCUT2D eigenvalue weighted by molar-refractivity contribution is 0.252. The van der Waals surface area contributed by atoms with E-state index >= 15 is 0 Å². The van der Waals surface area contributed by atoms with Crippen molar-refractivity contribution in [1.82, 2.24) is 20.4 Å². The van der Waals surface area contributed by atoms with Crippen LogP contribution in [0.15, 0.2) is 62.6 Å². The summed E-state index contributed by atoms with van der Waals surface area (Å²) in [4.78, 5) is 0. The average Bonchev–Trinajstić information content (AvgIpc) is 3.35. The van der Waals surface area contributed by atoms with Crippen LogP contribution >= 0.6 is 23.4 Å². The van der Waals surface area contributed by atoms with Crippen molar-refractivity contribution in [3.8, 4) is 17.2 Å². The number of nitrogens with zero attached hydrogens (tertiary/aromatic N) is 4. The Balaban J connectivity index is 1.31. The molecule has 0 saturated heterocycles. The Morgan fingerprint density at radius 2 is 1.79 bits per heavy atom. The van der Waals surface area contributed by atoms with E-state index in [9.17, 15) is 0 Å². The summed E-state index contributed by atoms with van der Waals surface area (Å²) >= 11 is 7.16. The average molecular weight is 415 g/mol. The van der Waals surface area contributed by atoms with Crippen LogP contribution < -0.4 is 4.74 Å². The molecule has 0 aliphatic heterocycles. The third kappa shape index (κ3) is 4.71. The normalized spacial score (nSPS) is 10.9. The second-order valence-electron chi connectivity index (χ2n) is 5.86. The van der Waals surface area contributed by atoms with E-state index in [2.05, 4.69) is 20.4 Å². The van der Waals surface area contributed by atoms with Crippen LogP contribution in [0.3, 0.4) is 0 Å². The molecule has 0 N–H and O–H groups in total. The van der Waals surface area contributed by atoms with Gasteiger partial charge in [0.1, 0.15) is 5.75 Å². The lowest BCUT2D eigenvalue weighted by Crippen LogP contribution is -1.95. The topological polar surface area (TPSA) is 87.1 Å². The van der Waals surface area contributed by atoms with Gasteiger partial charge in [0.15, 0.2) is 6.61 Å². The van der Waals surface area contributed by atoms with Crippen molar-refractivity contribution < 1.29 is 13.6 Å². The van der Waals surface area contributed by atoms with Gasteiger partial charge in [-0.15, -0.1) is 20.4 Å². The van der Waals surface area contributed by atoms with Crippen molar-refractivity contribution in [2.45, 2.75) is 24.5 Å². The first-order valence-electron chi connectivity index (χ1n) is 8.39. The van der Waals surface area contributed by atoms with Gasteiger partial charge in [-0.05, 0) is 43.3 Å². The van der Waals surface area contributed by atoms with E-state index in [4.69, 9.17) is 25.2 Å². The molecule has 0 saturated carbocycles. The van der Waals surface area contributed by atoms with Gasteiger partial charge in [-0.25, -0.2) is 0 Å². The minimum absolute atomic E-state index is 0.174. The molecule has 2 aromatic heterocycles. The van der Waals surface area contributed by atoms with Crippen LogP contribution in [-0.4, -0.2) is 20.4 Å². The predicted octanol–water partition coefficient (Wildman–Crippen LogP) is 4.95. The van der Waals surface area contributed by atoms with Gasteiger partial charge < -0.3 is 13.6 Å². The summed E-state index contributed by atoms with van der Waals surface area (Å²) < 4.78 is 16.8. The zero-order chi connectivity index (χ0) is 19.3. The fraction of sp³-hybridized carbons (Fsp3) is 0.158. The zero-order valence-corrected chi connectivity index (χ0v) is 16.4. The Hall–Kier alpha value is -2.84. The largest absolute Gasteiger partial charge is 0.484 e. The Labute approximate surface area is 170 Å². The number of aromatic nitrogens is 4. The molecule has 4 rings (SSSR count). The molecule has 2 heterocycles.